The molecule has 0 aliphatic heterocycles. The van der Waals surface area contributed by atoms with Crippen LogP contribution in [0.25, 0.3) is 11.0 Å². The normalized spacial score (nSPS) is 10.6. The van der Waals surface area contributed by atoms with Crippen LogP contribution >= 0.6 is 0 Å². The molecule has 0 atom stereocenters. The van der Waals surface area contributed by atoms with Crippen LogP contribution in [-0.2, 0) is 6.42 Å². The number of carbonyl (C=O) groups is 1. The van der Waals surface area contributed by atoms with Crippen LogP contribution < -0.4 is 0 Å². The summed E-state index contributed by atoms with van der Waals surface area (Å²) in [4.78, 5) is 17.8. The number of aryl methyl sites for hydroxylation is 1. The fourth-order valence-corrected chi connectivity index (χ4v) is 1.38. The molecule has 0 aromatic carbocycles. The average molecular weight is 190 g/mol. The minimum atomic E-state index is -0.946. The Morgan fingerprint density at radius 1 is 1.57 bits per heavy atom. The van der Waals surface area contributed by atoms with Gasteiger partial charge in [0.1, 0.15) is 5.65 Å². The van der Waals surface area contributed by atoms with Gasteiger partial charge in [-0.2, -0.15) is 0 Å². The molecule has 0 aliphatic carbocycles. The molecule has 0 fully saturated rings. The molecule has 4 heteroatoms. The van der Waals surface area contributed by atoms with Crippen LogP contribution in [0.5, 0.6) is 0 Å². The molecule has 2 aromatic rings. The fraction of sp³-hybridized carbons (Fsp3) is 0.200. The molecule has 0 saturated heterocycles. The van der Waals surface area contributed by atoms with E-state index in [1.165, 1.54) is 6.20 Å². The number of aromatic nitrogens is 2. The number of H-pyrrole nitrogens is 1. The van der Waals surface area contributed by atoms with Crippen molar-refractivity contribution in [3.63, 3.8) is 0 Å². The second kappa shape index (κ2) is 3.14. The first-order chi connectivity index (χ1) is 6.70. The zero-order valence-corrected chi connectivity index (χ0v) is 7.74. The topological polar surface area (TPSA) is 66.0 Å². The molecule has 2 heterocycles. The van der Waals surface area contributed by atoms with Gasteiger partial charge in [0.2, 0.25) is 0 Å². The monoisotopic (exact) mass is 190 g/mol. The van der Waals surface area contributed by atoms with Gasteiger partial charge in [-0.1, -0.05) is 6.92 Å². The highest BCUT2D eigenvalue weighted by Gasteiger charge is 2.06. The van der Waals surface area contributed by atoms with Crippen molar-refractivity contribution in [1.82, 2.24) is 9.97 Å². The van der Waals surface area contributed by atoms with Crippen molar-refractivity contribution in [2.45, 2.75) is 13.3 Å². The summed E-state index contributed by atoms with van der Waals surface area (Å²) in [5.41, 5.74) is 2.03. The maximum atomic E-state index is 10.7. The summed E-state index contributed by atoms with van der Waals surface area (Å²) in [6.07, 6.45) is 2.25. The molecule has 2 N–H and O–H groups in total. The van der Waals surface area contributed by atoms with E-state index in [2.05, 4.69) is 9.97 Å². The van der Waals surface area contributed by atoms with Gasteiger partial charge in [-0.15, -0.1) is 0 Å². The van der Waals surface area contributed by atoms with E-state index < -0.39 is 5.97 Å². The van der Waals surface area contributed by atoms with Crippen molar-refractivity contribution in [3.05, 3.63) is 29.6 Å². The quantitative estimate of drug-likeness (QED) is 0.759. The van der Waals surface area contributed by atoms with E-state index in [0.29, 0.717) is 0 Å². The van der Waals surface area contributed by atoms with E-state index in [9.17, 15) is 4.79 Å². The van der Waals surface area contributed by atoms with Crippen LogP contribution in [0, 0.1) is 0 Å². The summed E-state index contributed by atoms with van der Waals surface area (Å²) in [5, 5.41) is 9.61. The summed E-state index contributed by atoms with van der Waals surface area (Å²) in [5.74, 6) is -0.946. The van der Waals surface area contributed by atoms with E-state index in [-0.39, 0.29) is 5.56 Å². The Morgan fingerprint density at radius 3 is 3.00 bits per heavy atom. The van der Waals surface area contributed by atoms with E-state index in [4.69, 9.17) is 5.11 Å². The number of nitrogens with zero attached hydrogens (tertiary/aromatic N) is 1. The summed E-state index contributed by atoms with van der Waals surface area (Å²) >= 11 is 0. The third-order valence-corrected chi connectivity index (χ3v) is 2.15. The number of fused-ring (bicyclic) bond motifs is 1. The molecule has 0 unspecified atom stereocenters. The van der Waals surface area contributed by atoms with E-state index in [1.54, 1.807) is 6.07 Å². The van der Waals surface area contributed by atoms with Crippen LogP contribution in [-0.4, -0.2) is 21.0 Å². The predicted molar refractivity (Wildman–Crippen MR) is 52.4 cm³/mol. The van der Waals surface area contributed by atoms with Gasteiger partial charge in [0.15, 0.2) is 0 Å². The van der Waals surface area contributed by atoms with E-state index in [1.807, 2.05) is 13.0 Å². The van der Waals surface area contributed by atoms with Gasteiger partial charge >= 0.3 is 5.97 Å². The standard InChI is InChI=1S/C10H10N2O2/c1-2-8-4-6-3-7(10(13)14)5-11-9(6)12-8/h3-5H,2H2,1H3,(H,11,12)(H,13,14). The number of hydrogen-bond donors (Lipinski definition) is 2. The molecule has 4 nitrogen and oxygen atoms in total. The predicted octanol–water partition coefficient (Wildman–Crippen LogP) is 1.82. The first kappa shape index (κ1) is 8.74. The molecule has 2 aromatic heterocycles. The first-order valence-electron chi connectivity index (χ1n) is 4.41. The SMILES string of the molecule is CCc1cc2cc(C(=O)O)cnc2[nH]1. The van der Waals surface area contributed by atoms with Gasteiger partial charge in [-0.3, -0.25) is 0 Å². The number of carboxylic acids is 1. The van der Waals surface area contributed by atoms with Gasteiger partial charge in [0.05, 0.1) is 5.56 Å². The van der Waals surface area contributed by atoms with Crippen molar-refractivity contribution in [3.8, 4) is 0 Å². The number of aromatic carboxylic acids is 1. The lowest BCUT2D eigenvalue weighted by Gasteiger charge is -1.92. The molecule has 72 valence electrons. The number of nitrogens with one attached hydrogen (secondary N) is 1. The van der Waals surface area contributed by atoms with E-state index >= 15 is 0 Å². The smallest absolute Gasteiger partial charge is 0.337 e. The Balaban J connectivity index is 2.59. The highest BCUT2D eigenvalue weighted by molar-refractivity contribution is 5.91. The van der Waals surface area contributed by atoms with Crippen LogP contribution in [0.2, 0.25) is 0 Å². The number of rotatable bonds is 2. The highest BCUT2D eigenvalue weighted by atomic mass is 16.4. The van der Waals surface area contributed by atoms with Crippen molar-refractivity contribution in [2.24, 2.45) is 0 Å². The molecule has 0 spiro atoms. The van der Waals surface area contributed by atoms with Crippen LogP contribution in [0.3, 0.4) is 0 Å². The zero-order valence-electron chi connectivity index (χ0n) is 7.74. The third kappa shape index (κ3) is 1.35. The molecule has 0 amide bonds. The maximum absolute atomic E-state index is 10.7. The Kier molecular flexibility index (Phi) is 1.96. The Bertz CT molecular complexity index is 488. The molecular weight excluding hydrogens is 180 g/mol. The number of hydrogen-bond acceptors (Lipinski definition) is 2. The average Bonchev–Trinajstić information content (AvgIpc) is 2.58. The molecule has 0 bridgehead atoms. The Hall–Kier alpha value is -1.84. The van der Waals surface area contributed by atoms with Gasteiger partial charge < -0.3 is 10.1 Å². The van der Waals surface area contributed by atoms with Crippen molar-refractivity contribution < 1.29 is 9.90 Å². The first-order valence-corrected chi connectivity index (χ1v) is 4.41. The molecule has 2 rings (SSSR count). The van der Waals surface area contributed by atoms with Crippen molar-refractivity contribution >= 4 is 17.0 Å². The van der Waals surface area contributed by atoms with Gasteiger partial charge in [-0.25, -0.2) is 9.78 Å². The van der Waals surface area contributed by atoms with Gasteiger partial charge in [0.25, 0.3) is 0 Å². The summed E-state index contributed by atoms with van der Waals surface area (Å²) < 4.78 is 0. The zero-order chi connectivity index (χ0) is 10.1. The van der Waals surface area contributed by atoms with Crippen molar-refractivity contribution in [1.29, 1.82) is 0 Å². The molecular formula is C10H10N2O2. The summed E-state index contributed by atoms with van der Waals surface area (Å²) in [6, 6.07) is 3.55. The lowest BCUT2D eigenvalue weighted by atomic mass is 10.2. The lowest BCUT2D eigenvalue weighted by molar-refractivity contribution is 0.0696. The van der Waals surface area contributed by atoms with E-state index in [0.717, 1.165) is 23.1 Å². The van der Waals surface area contributed by atoms with Crippen LogP contribution in [0.4, 0.5) is 0 Å². The largest absolute Gasteiger partial charge is 0.478 e. The molecule has 14 heavy (non-hydrogen) atoms. The maximum Gasteiger partial charge on any atom is 0.337 e. The number of carboxylic acid groups (broad SMARTS) is 1. The lowest BCUT2D eigenvalue weighted by Crippen LogP contribution is -1.96. The Morgan fingerprint density at radius 2 is 2.36 bits per heavy atom. The van der Waals surface area contributed by atoms with Crippen LogP contribution in [0.15, 0.2) is 18.3 Å². The number of pyridine rings is 1. The van der Waals surface area contributed by atoms with Crippen molar-refractivity contribution in [2.75, 3.05) is 0 Å². The second-order valence-electron chi connectivity index (χ2n) is 3.12. The third-order valence-electron chi connectivity index (χ3n) is 2.15. The summed E-state index contributed by atoms with van der Waals surface area (Å²) in [7, 11) is 0. The van der Waals surface area contributed by atoms with Crippen LogP contribution in [0.1, 0.15) is 23.0 Å². The second-order valence-corrected chi connectivity index (χ2v) is 3.12. The Labute approximate surface area is 80.6 Å². The van der Waals surface area contributed by atoms with Gasteiger partial charge in [0, 0.05) is 17.3 Å². The van der Waals surface area contributed by atoms with Gasteiger partial charge in [-0.05, 0) is 18.6 Å². The highest BCUT2D eigenvalue weighted by Crippen LogP contribution is 2.14. The molecule has 0 saturated carbocycles. The summed E-state index contributed by atoms with van der Waals surface area (Å²) in [6.45, 7) is 2.03. The fourth-order valence-electron chi connectivity index (χ4n) is 1.38. The number of aromatic amines is 1. The molecule has 0 radical (unpaired) electrons. The minimum Gasteiger partial charge on any atom is -0.478 e. The minimum absolute atomic E-state index is 0.221. The molecule has 0 aliphatic rings.